The fourth-order valence-electron chi connectivity index (χ4n) is 2.25. The number of carbonyl (C=O) groups excluding carboxylic acids is 1. The van der Waals surface area contributed by atoms with Crippen LogP contribution in [0.15, 0.2) is 63.0 Å². The standard InChI is InChI=1S/C19H16BrN3OS2/c1-22(2)16-9-5-14(6-10-16)12-21-23-18(24)17(26-19(23)25)11-13-3-7-15(20)8-4-13/h3-12H,1-2H3/b17-11+,21-12+. The number of hydrazone groups is 1. The van der Waals surface area contributed by atoms with Crippen molar-refractivity contribution in [2.45, 2.75) is 0 Å². The van der Waals surface area contributed by atoms with Crippen molar-refractivity contribution in [1.82, 2.24) is 5.01 Å². The predicted molar refractivity (Wildman–Crippen MR) is 118 cm³/mol. The zero-order chi connectivity index (χ0) is 18.7. The molecule has 0 aromatic heterocycles. The van der Waals surface area contributed by atoms with Crippen molar-refractivity contribution < 1.29 is 4.79 Å². The van der Waals surface area contributed by atoms with Gasteiger partial charge in [0.1, 0.15) is 0 Å². The lowest BCUT2D eigenvalue weighted by atomic mass is 10.2. The first-order chi connectivity index (χ1) is 12.4. The number of hydrogen-bond acceptors (Lipinski definition) is 5. The number of halogens is 1. The summed E-state index contributed by atoms with van der Waals surface area (Å²) in [5.74, 6) is -0.205. The molecule has 132 valence electrons. The van der Waals surface area contributed by atoms with Crippen molar-refractivity contribution in [3.05, 3.63) is 69.0 Å². The summed E-state index contributed by atoms with van der Waals surface area (Å²) in [4.78, 5) is 15.2. The summed E-state index contributed by atoms with van der Waals surface area (Å²) in [5, 5.41) is 5.54. The first-order valence-corrected chi connectivity index (χ1v) is 9.81. The van der Waals surface area contributed by atoms with Gasteiger partial charge < -0.3 is 4.90 Å². The lowest BCUT2D eigenvalue weighted by Gasteiger charge is -2.12. The molecule has 0 N–H and O–H groups in total. The third kappa shape index (κ3) is 4.41. The molecule has 7 heteroatoms. The van der Waals surface area contributed by atoms with Crippen molar-refractivity contribution in [3.8, 4) is 0 Å². The quantitative estimate of drug-likeness (QED) is 0.386. The Morgan fingerprint density at radius 3 is 2.31 bits per heavy atom. The average molecular weight is 446 g/mol. The molecule has 1 heterocycles. The Kier molecular flexibility index (Phi) is 5.90. The van der Waals surface area contributed by atoms with Gasteiger partial charge in [0.2, 0.25) is 0 Å². The highest BCUT2D eigenvalue weighted by molar-refractivity contribution is 9.10. The zero-order valence-electron chi connectivity index (χ0n) is 14.2. The maximum absolute atomic E-state index is 12.6. The van der Waals surface area contributed by atoms with Crippen molar-refractivity contribution in [2.24, 2.45) is 5.10 Å². The van der Waals surface area contributed by atoms with E-state index in [0.717, 1.165) is 21.3 Å². The Morgan fingerprint density at radius 1 is 1.08 bits per heavy atom. The van der Waals surface area contributed by atoms with E-state index in [1.807, 2.05) is 73.6 Å². The van der Waals surface area contributed by atoms with E-state index in [9.17, 15) is 4.79 Å². The lowest BCUT2D eigenvalue weighted by Crippen LogP contribution is -2.22. The molecule has 2 aromatic carbocycles. The van der Waals surface area contributed by atoms with Crippen molar-refractivity contribution in [1.29, 1.82) is 0 Å². The summed E-state index contributed by atoms with van der Waals surface area (Å²) in [6, 6.07) is 15.6. The summed E-state index contributed by atoms with van der Waals surface area (Å²) >= 11 is 9.96. The Balaban J connectivity index is 1.75. The van der Waals surface area contributed by atoms with Gasteiger partial charge in [-0.1, -0.05) is 52.0 Å². The molecule has 1 amide bonds. The predicted octanol–water partition coefficient (Wildman–Crippen LogP) is 4.75. The summed E-state index contributed by atoms with van der Waals surface area (Å²) in [6.45, 7) is 0. The van der Waals surface area contributed by atoms with E-state index in [1.54, 1.807) is 6.21 Å². The van der Waals surface area contributed by atoms with E-state index in [2.05, 4.69) is 21.0 Å². The maximum atomic E-state index is 12.6. The number of thioether (sulfide) groups is 1. The fourth-order valence-corrected chi connectivity index (χ4v) is 3.69. The Hall–Kier alpha value is -1.96. The highest BCUT2D eigenvalue weighted by atomic mass is 79.9. The maximum Gasteiger partial charge on any atom is 0.286 e. The second kappa shape index (κ2) is 8.16. The minimum atomic E-state index is -0.205. The molecule has 1 fully saturated rings. The van der Waals surface area contributed by atoms with Gasteiger partial charge in [-0.2, -0.15) is 10.1 Å². The Labute approximate surface area is 170 Å². The van der Waals surface area contributed by atoms with Crippen molar-refractivity contribution in [3.63, 3.8) is 0 Å². The van der Waals surface area contributed by atoms with E-state index in [-0.39, 0.29) is 5.91 Å². The highest BCUT2D eigenvalue weighted by Gasteiger charge is 2.31. The van der Waals surface area contributed by atoms with Crippen LogP contribution in [0.5, 0.6) is 0 Å². The number of benzene rings is 2. The lowest BCUT2D eigenvalue weighted by molar-refractivity contribution is -0.122. The van der Waals surface area contributed by atoms with E-state index >= 15 is 0 Å². The van der Waals surface area contributed by atoms with Crippen LogP contribution in [0.1, 0.15) is 11.1 Å². The first kappa shape index (κ1) is 18.8. The van der Waals surface area contributed by atoms with Gasteiger partial charge in [0.05, 0.1) is 11.1 Å². The van der Waals surface area contributed by atoms with Crippen LogP contribution in [0.4, 0.5) is 5.69 Å². The minimum absolute atomic E-state index is 0.205. The Morgan fingerprint density at radius 2 is 1.69 bits per heavy atom. The monoisotopic (exact) mass is 445 g/mol. The van der Waals surface area contributed by atoms with E-state index < -0.39 is 0 Å². The molecule has 0 atom stereocenters. The molecular weight excluding hydrogens is 430 g/mol. The molecule has 0 radical (unpaired) electrons. The van der Waals surface area contributed by atoms with Crippen molar-refractivity contribution in [2.75, 3.05) is 19.0 Å². The second-order valence-corrected chi connectivity index (χ2v) is 8.37. The number of anilines is 1. The largest absolute Gasteiger partial charge is 0.378 e. The van der Waals surface area contributed by atoms with Crippen LogP contribution in [-0.4, -0.2) is 35.5 Å². The minimum Gasteiger partial charge on any atom is -0.378 e. The molecule has 2 aromatic rings. The molecule has 0 saturated carbocycles. The second-order valence-electron chi connectivity index (χ2n) is 5.78. The van der Waals surface area contributed by atoms with E-state index in [0.29, 0.717) is 9.23 Å². The van der Waals surface area contributed by atoms with Gasteiger partial charge >= 0.3 is 0 Å². The SMILES string of the molecule is CN(C)c1ccc(/C=N/N2C(=O)/C(=C\c3ccc(Br)cc3)SC2=S)cc1. The summed E-state index contributed by atoms with van der Waals surface area (Å²) in [7, 11) is 3.97. The van der Waals surface area contributed by atoms with Gasteiger partial charge in [-0.15, -0.1) is 0 Å². The highest BCUT2D eigenvalue weighted by Crippen LogP contribution is 2.32. The molecule has 0 bridgehead atoms. The number of rotatable bonds is 4. The molecule has 0 spiro atoms. The smallest absolute Gasteiger partial charge is 0.286 e. The van der Waals surface area contributed by atoms with Crippen LogP contribution in [-0.2, 0) is 4.79 Å². The van der Waals surface area contributed by atoms with E-state index in [1.165, 1.54) is 16.8 Å². The number of hydrogen-bond donors (Lipinski definition) is 0. The third-order valence-corrected chi connectivity index (χ3v) is 5.48. The van der Waals surface area contributed by atoms with Crippen LogP contribution < -0.4 is 4.90 Å². The fraction of sp³-hybridized carbons (Fsp3) is 0.105. The normalized spacial score (nSPS) is 16.1. The average Bonchev–Trinajstić information content (AvgIpc) is 2.89. The van der Waals surface area contributed by atoms with Crippen LogP contribution in [0, 0.1) is 0 Å². The van der Waals surface area contributed by atoms with Crippen LogP contribution >= 0.6 is 39.9 Å². The zero-order valence-corrected chi connectivity index (χ0v) is 17.4. The van der Waals surface area contributed by atoms with Gasteiger partial charge in [-0.25, -0.2) is 0 Å². The number of carbonyl (C=O) groups is 1. The molecule has 26 heavy (non-hydrogen) atoms. The van der Waals surface area contributed by atoms with Gasteiger partial charge in [-0.3, -0.25) is 4.79 Å². The summed E-state index contributed by atoms with van der Waals surface area (Å²) in [6.07, 6.45) is 3.47. The van der Waals surface area contributed by atoms with Crippen molar-refractivity contribution >= 4 is 68.1 Å². The molecule has 1 saturated heterocycles. The summed E-state index contributed by atoms with van der Waals surface area (Å²) in [5.41, 5.74) is 2.95. The topological polar surface area (TPSA) is 35.9 Å². The third-order valence-electron chi connectivity index (χ3n) is 3.67. The van der Waals surface area contributed by atoms with E-state index in [4.69, 9.17) is 12.2 Å². The molecule has 3 rings (SSSR count). The summed E-state index contributed by atoms with van der Waals surface area (Å²) < 4.78 is 1.42. The molecule has 0 aliphatic carbocycles. The molecule has 0 unspecified atom stereocenters. The van der Waals surface area contributed by atoms with Gasteiger partial charge in [0.15, 0.2) is 4.32 Å². The number of nitrogens with zero attached hydrogens (tertiary/aromatic N) is 3. The van der Waals surface area contributed by atoms with Gasteiger partial charge in [0, 0.05) is 24.3 Å². The Bertz CT molecular complexity index is 890. The number of amides is 1. The molecular formula is C19H16BrN3OS2. The number of thiocarbonyl (C=S) groups is 1. The van der Waals surface area contributed by atoms with Crippen LogP contribution in [0.25, 0.3) is 6.08 Å². The first-order valence-electron chi connectivity index (χ1n) is 7.79. The van der Waals surface area contributed by atoms with Gasteiger partial charge in [-0.05, 0) is 53.7 Å². The molecule has 4 nitrogen and oxygen atoms in total. The van der Waals surface area contributed by atoms with Gasteiger partial charge in [0.25, 0.3) is 5.91 Å². The van der Waals surface area contributed by atoms with Crippen LogP contribution in [0.3, 0.4) is 0 Å². The van der Waals surface area contributed by atoms with Crippen LogP contribution in [0.2, 0.25) is 0 Å². The molecule has 1 aliphatic heterocycles. The molecule has 1 aliphatic rings.